The lowest BCUT2D eigenvalue weighted by Gasteiger charge is -2.44. The number of fused-ring (bicyclic) bond motifs is 3. The monoisotopic (exact) mass is 593 g/mol. The van der Waals surface area contributed by atoms with Gasteiger partial charge in [-0.25, -0.2) is 4.39 Å². The molecule has 7 rings (SSSR count). The number of rotatable bonds is 5. The number of nitrogens with zero attached hydrogens (tertiary/aromatic N) is 6. The van der Waals surface area contributed by atoms with Crippen molar-refractivity contribution in [2.45, 2.75) is 70.4 Å². The van der Waals surface area contributed by atoms with Gasteiger partial charge in [0.15, 0.2) is 5.82 Å². The second-order valence-corrected chi connectivity index (χ2v) is 13.3. The first kappa shape index (κ1) is 27.7. The summed E-state index contributed by atoms with van der Waals surface area (Å²) < 4.78 is 23.1. The third kappa shape index (κ3) is 4.59. The van der Waals surface area contributed by atoms with Crippen molar-refractivity contribution in [2.24, 2.45) is 5.41 Å². The van der Waals surface area contributed by atoms with Crippen molar-refractivity contribution in [1.29, 1.82) is 0 Å². The largest absolute Gasteiger partial charge is 0.463 e. The van der Waals surface area contributed by atoms with Crippen LogP contribution in [0.4, 0.5) is 10.2 Å². The summed E-state index contributed by atoms with van der Waals surface area (Å²) in [6.07, 6.45) is 10.4. The Balaban J connectivity index is 1.35. The van der Waals surface area contributed by atoms with E-state index in [2.05, 4.69) is 32.1 Å². The molecule has 1 saturated carbocycles. The molecule has 0 spiro atoms. The van der Waals surface area contributed by atoms with E-state index in [4.69, 9.17) is 21.3 Å². The molecule has 2 N–H and O–H groups in total. The number of benzene rings is 1. The molecule has 3 atom stereocenters. The van der Waals surface area contributed by atoms with Gasteiger partial charge >= 0.3 is 6.01 Å². The third-order valence-corrected chi connectivity index (χ3v) is 10.3. The van der Waals surface area contributed by atoms with Gasteiger partial charge in [0.25, 0.3) is 0 Å². The van der Waals surface area contributed by atoms with Crippen molar-refractivity contribution in [3.63, 3.8) is 0 Å². The van der Waals surface area contributed by atoms with Crippen LogP contribution in [0.1, 0.15) is 57.4 Å². The Morgan fingerprint density at radius 3 is 2.79 bits per heavy atom. The molecule has 5 heterocycles. The summed E-state index contributed by atoms with van der Waals surface area (Å²) in [5, 5.41) is 19.6. The number of aromatic nitrogens is 5. The number of piperidine rings is 2. The van der Waals surface area contributed by atoms with Crippen LogP contribution in [0.2, 0.25) is 5.02 Å². The molecule has 3 aliphatic rings. The van der Waals surface area contributed by atoms with Crippen molar-refractivity contribution in [3.8, 4) is 17.3 Å². The Kier molecular flexibility index (Phi) is 6.79. The molecule has 3 fully saturated rings. The van der Waals surface area contributed by atoms with Crippen LogP contribution < -0.4 is 9.64 Å². The van der Waals surface area contributed by atoms with Crippen LogP contribution in [-0.2, 0) is 0 Å². The molecule has 2 aliphatic heterocycles. The van der Waals surface area contributed by atoms with E-state index in [-0.39, 0.29) is 22.6 Å². The van der Waals surface area contributed by atoms with Gasteiger partial charge < -0.3 is 19.6 Å². The van der Waals surface area contributed by atoms with E-state index in [1.165, 1.54) is 6.42 Å². The number of H-pyrrole nitrogens is 1. The van der Waals surface area contributed by atoms with Crippen LogP contribution in [0, 0.1) is 18.2 Å². The Morgan fingerprint density at radius 2 is 1.95 bits per heavy atom. The van der Waals surface area contributed by atoms with Crippen molar-refractivity contribution in [1.82, 2.24) is 30.0 Å². The summed E-state index contributed by atoms with van der Waals surface area (Å²) in [6, 6.07) is 2.51. The first-order valence-electron chi connectivity index (χ1n) is 14.9. The Hall–Kier alpha value is -3.08. The predicted octanol–water partition coefficient (Wildman–Crippen LogP) is 5.66. The molecule has 0 amide bonds. The SMILES string of the molecule is Cc1cc2[nH]ncc2c(-c2ncc3c(N4CCC[C@@](C)(O)C4)nc(OC[C@]45CCCC4N(C)CCC5)nc3c2F)c1Cl. The molecule has 11 heteroatoms. The summed E-state index contributed by atoms with van der Waals surface area (Å²) in [5.41, 5.74) is 1.40. The van der Waals surface area contributed by atoms with E-state index >= 15 is 4.39 Å². The Bertz CT molecular complexity index is 1680. The van der Waals surface area contributed by atoms with E-state index in [0.717, 1.165) is 49.7 Å². The number of β-amino-alcohol motifs (C(OH)–C–C–N with tert-alkyl or cyclic N) is 1. The second-order valence-electron chi connectivity index (χ2n) is 12.9. The molecule has 1 aromatic carbocycles. The third-order valence-electron chi connectivity index (χ3n) is 9.78. The highest BCUT2D eigenvalue weighted by molar-refractivity contribution is 6.35. The maximum atomic E-state index is 16.7. The van der Waals surface area contributed by atoms with Gasteiger partial charge in [0.05, 0.1) is 34.3 Å². The number of aryl methyl sites for hydroxylation is 1. The zero-order valence-corrected chi connectivity index (χ0v) is 25.1. The van der Waals surface area contributed by atoms with Crippen LogP contribution in [0.3, 0.4) is 0 Å². The molecule has 2 saturated heterocycles. The van der Waals surface area contributed by atoms with E-state index in [1.54, 1.807) is 12.4 Å². The average Bonchev–Trinajstić information content (AvgIpc) is 3.61. The first-order chi connectivity index (χ1) is 20.2. The molecule has 0 bridgehead atoms. The minimum atomic E-state index is -0.882. The number of ether oxygens (including phenoxy) is 1. The zero-order valence-electron chi connectivity index (χ0n) is 24.4. The van der Waals surface area contributed by atoms with E-state index in [9.17, 15) is 5.11 Å². The number of hydrogen-bond donors (Lipinski definition) is 2. The Labute approximate surface area is 249 Å². The van der Waals surface area contributed by atoms with Gasteiger partial charge in [-0.2, -0.15) is 15.1 Å². The first-order valence-corrected chi connectivity index (χ1v) is 15.3. The highest BCUT2D eigenvalue weighted by Gasteiger charge is 2.47. The number of aliphatic hydroxyl groups is 1. The maximum absolute atomic E-state index is 16.7. The van der Waals surface area contributed by atoms with Crippen LogP contribution >= 0.6 is 11.6 Å². The molecule has 9 nitrogen and oxygen atoms in total. The van der Waals surface area contributed by atoms with Gasteiger partial charge in [-0.15, -0.1) is 0 Å². The smallest absolute Gasteiger partial charge is 0.319 e. The number of hydrogen-bond acceptors (Lipinski definition) is 8. The molecule has 0 radical (unpaired) electrons. The standard InChI is InChI=1S/C31H37ClFN7O2/c1-18-13-21-19(15-35-38-21)23(24(18)32)27-25(33)26-20(14-34-27)28(40-12-5-8-30(2,41)16-40)37-29(36-26)42-17-31-9-4-7-22(31)39(3)11-6-10-31/h13-15,22,41H,4-12,16-17H2,1-3H3,(H,35,38)/t22?,30-,31-/m1/s1. The predicted molar refractivity (Wildman–Crippen MR) is 162 cm³/mol. The highest BCUT2D eigenvalue weighted by atomic mass is 35.5. The molecule has 222 valence electrons. The lowest BCUT2D eigenvalue weighted by atomic mass is 9.76. The maximum Gasteiger partial charge on any atom is 0.319 e. The van der Waals surface area contributed by atoms with Gasteiger partial charge in [0.2, 0.25) is 0 Å². The molecular formula is C31H37ClFN7O2. The molecule has 4 aromatic rings. The topological polar surface area (TPSA) is 103 Å². The van der Waals surface area contributed by atoms with Crippen LogP contribution in [0.5, 0.6) is 6.01 Å². The summed E-state index contributed by atoms with van der Waals surface area (Å²) in [6.45, 7) is 6.34. The molecule has 3 aromatic heterocycles. The van der Waals surface area contributed by atoms with Gasteiger partial charge in [-0.05, 0) is 77.6 Å². The number of halogens is 2. The molecule has 42 heavy (non-hydrogen) atoms. The van der Waals surface area contributed by atoms with Crippen LogP contribution in [0.15, 0.2) is 18.5 Å². The summed E-state index contributed by atoms with van der Waals surface area (Å²) in [7, 11) is 2.20. The van der Waals surface area contributed by atoms with E-state index < -0.39 is 11.4 Å². The van der Waals surface area contributed by atoms with Crippen LogP contribution in [0.25, 0.3) is 33.1 Å². The fraction of sp³-hybridized carbons (Fsp3) is 0.548. The number of nitrogens with one attached hydrogen (secondary N) is 1. The molecular weight excluding hydrogens is 557 g/mol. The highest BCUT2D eigenvalue weighted by Crippen LogP contribution is 2.47. The lowest BCUT2D eigenvalue weighted by molar-refractivity contribution is 0.0132. The number of pyridine rings is 1. The number of likely N-dealkylation sites (tertiary alicyclic amines) is 1. The van der Waals surface area contributed by atoms with Gasteiger partial charge in [-0.3, -0.25) is 10.1 Å². The van der Waals surface area contributed by atoms with Gasteiger partial charge in [0.1, 0.15) is 17.0 Å². The minimum absolute atomic E-state index is 0.0458. The second kappa shape index (κ2) is 10.3. The van der Waals surface area contributed by atoms with Gasteiger partial charge in [-0.1, -0.05) is 18.0 Å². The van der Waals surface area contributed by atoms with Crippen LogP contribution in [-0.4, -0.2) is 80.1 Å². The lowest BCUT2D eigenvalue weighted by Crippen LogP contribution is -2.50. The van der Waals surface area contributed by atoms with Crippen molar-refractivity contribution in [3.05, 3.63) is 34.9 Å². The van der Waals surface area contributed by atoms with Crippen molar-refractivity contribution in [2.75, 3.05) is 38.2 Å². The van der Waals surface area contributed by atoms with Crippen molar-refractivity contribution < 1.29 is 14.2 Å². The van der Waals surface area contributed by atoms with E-state index in [1.807, 2.05) is 24.8 Å². The number of aromatic amines is 1. The molecule has 1 unspecified atom stereocenters. The fourth-order valence-corrected chi connectivity index (χ4v) is 7.97. The number of anilines is 1. The van der Waals surface area contributed by atoms with Crippen molar-refractivity contribution >= 4 is 39.2 Å². The Morgan fingerprint density at radius 1 is 1.14 bits per heavy atom. The normalized spacial score (nSPS) is 26.7. The molecule has 1 aliphatic carbocycles. The zero-order chi connectivity index (χ0) is 29.2. The quantitative estimate of drug-likeness (QED) is 0.305. The van der Waals surface area contributed by atoms with E-state index in [0.29, 0.717) is 59.3 Å². The van der Waals surface area contributed by atoms with Gasteiger partial charge in [0, 0.05) is 41.7 Å². The summed E-state index contributed by atoms with van der Waals surface area (Å²) in [4.78, 5) is 18.6. The summed E-state index contributed by atoms with van der Waals surface area (Å²) >= 11 is 6.76. The summed E-state index contributed by atoms with van der Waals surface area (Å²) in [5.74, 6) is -0.0629. The fourth-order valence-electron chi connectivity index (χ4n) is 7.72. The average molecular weight is 594 g/mol. The minimum Gasteiger partial charge on any atom is -0.463 e.